The number of ether oxygens (including phenoxy) is 2. The Kier molecular flexibility index (Phi) is 3.92. The Morgan fingerprint density at radius 2 is 1.89 bits per heavy atom. The molecule has 6 nitrogen and oxygen atoms in total. The van der Waals surface area contributed by atoms with Crippen LogP contribution in [0.15, 0.2) is 36.4 Å². The summed E-state index contributed by atoms with van der Waals surface area (Å²) in [4.78, 5) is 10.6. The molecule has 0 atom stereocenters. The highest BCUT2D eigenvalue weighted by Gasteiger charge is 2.08. The summed E-state index contributed by atoms with van der Waals surface area (Å²) in [7, 11) is 0. The number of nitrogens with zero attached hydrogens (tertiary/aromatic N) is 2. The lowest BCUT2D eigenvalue weighted by Gasteiger charge is -2.09. The van der Waals surface area contributed by atoms with Crippen molar-refractivity contribution in [3.8, 4) is 17.4 Å². The number of rotatable bonds is 5. The van der Waals surface area contributed by atoms with E-state index in [1.54, 1.807) is 18.2 Å². The summed E-state index contributed by atoms with van der Waals surface area (Å²) in [6, 6.07) is 9.91. The van der Waals surface area contributed by atoms with Gasteiger partial charge in [-0.15, -0.1) is 10.2 Å². The van der Waals surface area contributed by atoms with Crippen molar-refractivity contribution >= 4 is 5.97 Å². The summed E-state index contributed by atoms with van der Waals surface area (Å²) < 4.78 is 10.9. The second-order valence-electron chi connectivity index (χ2n) is 3.54. The number of aromatic nitrogens is 2. The standard InChI is InChI=1S/C13H12N2O4/c1-2-18-10-5-3-4-6-11(10)19-12-8-7-9(13(16)17)14-15-12/h3-8H,2H2,1H3,(H,16,17). The van der Waals surface area contributed by atoms with Crippen molar-refractivity contribution in [2.45, 2.75) is 6.92 Å². The predicted molar refractivity (Wildman–Crippen MR) is 66.7 cm³/mol. The third-order valence-electron chi connectivity index (χ3n) is 2.22. The van der Waals surface area contributed by atoms with Gasteiger partial charge in [0.25, 0.3) is 0 Å². The minimum Gasteiger partial charge on any atom is -0.490 e. The van der Waals surface area contributed by atoms with E-state index in [2.05, 4.69) is 10.2 Å². The van der Waals surface area contributed by atoms with Gasteiger partial charge in [-0.1, -0.05) is 12.1 Å². The molecule has 19 heavy (non-hydrogen) atoms. The summed E-state index contributed by atoms with van der Waals surface area (Å²) in [6.07, 6.45) is 0. The van der Waals surface area contributed by atoms with E-state index in [1.807, 2.05) is 13.0 Å². The van der Waals surface area contributed by atoms with E-state index in [4.69, 9.17) is 14.6 Å². The van der Waals surface area contributed by atoms with E-state index in [9.17, 15) is 4.79 Å². The number of carbonyl (C=O) groups is 1. The topological polar surface area (TPSA) is 81.5 Å². The molecule has 1 heterocycles. The van der Waals surface area contributed by atoms with E-state index in [0.717, 1.165) is 0 Å². The average Bonchev–Trinajstić information content (AvgIpc) is 2.42. The van der Waals surface area contributed by atoms with Gasteiger partial charge in [-0.05, 0) is 25.1 Å². The molecule has 0 saturated heterocycles. The molecule has 0 aliphatic carbocycles. The molecule has 2 aromatic rings. The van der Waals surface area contributed by atoms with Crippen LogP contribution in [0.1, 0.15) is 17.4 Å². The SMILES string of the molecule is CCOc1ccccc1Oc1ccc(C(=O)O)nn1. The molecule has 0 fully saturated rings. The Bertz CT molecular complexity index is 569. The summed E-state index contributed by atoms with van der Waals surface area (Å²) >= 11 is 0. The fourth-order valence-corrected chi connectivity index (χ4v) is 1.41. The van der Waals surface area contributed by atoms with Gasteiger partial charge in [0.15, 0.2) is 17.2 Å². The maximum Gasteiger partial charge on any atom is 0.356 e. The monoisotopic (exact) mass is 260 g/mol. The fraction of sp³-hybridized carbons (Fsp3) is 0.154. The van der Waals surface area contributed by atoms with E-state index >= 15 is 0 Å². The smallest absolute Gasteiger partial charge is 0.356 e. The largest absolute Gasteiger partial charge is 0.490 e. The zero-order valence-corrected chi connectivity index (χ0v) is 10.2. The first-order valence-corrected chi connectivity index (χ1v) is 5.67. The zero-order chi connectivity index (χ0) is 13.7. The van der Waals surface area contributed by atoms with E-state index < -0.39 is 5.97 Å². The molecule has 0 radical (unpaired) electrons. The average molecular weight is 260 g/mol. The van der Waals surface area contributed by atoms with Crippen LogP contribution in [-0.4, -0.2) is 27.9 Å². The van der Waals surface area contributed by atoms with E-state index in [-0.39, 0.29) is 11.6 Å². The molecule has 0 spiro atoms. The molecule has 0 bridgehead atoms. The highest BCUT2D eigenvalue weighted by molar-refractivity contribution is 5.84. The van der Waals surface area contributed by atoms with Crippen LogP contribution in [0.5, 0.6) is 17.4 Å². The maximum atomic E-state index is 10.6. The molecule has 0 aliphatic rings. The summed E-state index contributed by atoms with van der Waals surface area (Å²) in [6.45, 7) is 2.39. The van der Waals surface area contributed by atoms with Crippen molar-refractivity contribution in [2.24, 2.45) is 0 Å². The van der Waals surface area contributed by atoms with Crippen molar-refractivity contribution in [3.05, 3.63) is 42.1 Å². The lowest BCUT2D eigenvalue weighted by Crippen LogP contribution is -2.02. The van der Waals surface area contributed by atoms with Gasteiger partial charge < -0.3 is 14.6 Å². The van der Waals surface area contributed by atoms with Crippen molar-refractivity contribution in [3.63, 3.8) is 0 Å². The van der Waals surface area contributed by atoms with Gasteiger partial charge in [0.2, 0.25) is 5.88 Å². The Labute approximate surface area is 109 Å². The fourth-order valence-electron chi connectivity index (χ4n) is 1.41. The van der Waals surface area contributed by atoms with Crippen LogP contribution in [0.3, 0.4) is 0 Å². The Morgan fingerprint density at radius 1 is 1.16 bits per heavy atom. The number of benzene rings is 1. The molecule has 0 aliphatic heterocycles. The maximum absolute atomic E-state index is 10.6. The van der Waals surface area contributed by atoms with Crippen LogP contribution in [0.2, 0.25) is 0 Å². The Balaban J connectivity index is 2.19. The highest BCUT2D eigenvalue weighted by atomic mass is 16.5. The van der Waals surface area contributed by atoms with E-state index in [0.29, 0.717) is 18.1 Å². The number of carboxylic acid groups (broad SMARTS) is 1. The van der Waals surface area contributed by atoms with Gasteiger partial charge in [-0.3, -0.25) is 0 Å². The summed E-state index contributed by atoms with van der Waals surface area (Å²) in [5.74, 6) is 0.168. The van der Waals surface area contributed by atoms with Crippen LogP contribution in [-0.2, 0) is 0 Å². The van der Waals surface area contributed by atoms with Crippen LogP contribution >= 0.6 is 0 Å². The number of hydrogen-bond acceptors (Lipinski definition) is 5. The first-order valence-electron chi connectivity index (χ1n) is 5.67. The molecule has 0 amide bonds. The van der Waals surface area contributed by atoms with Crippen molar-refractivity contribution in [1.29, 1.82) is 0 Å². The molecule has 0 unspecified atom stereocenters. The molecule has 1 aromatic carbocycles. The normalized spacial score (nSPS) is 9.95. The predicted octanol–water partition coefficient (Wildman–Crippen LogP) is 2.37. The highest BCUT2D eigenvalue weighted by Crippen LogP contribution is 2.29. The molecule has 1 N–H and O–H groups in total. The van der Waals surface area contributed by atoms with Gasteiger partial charge in [-0.25, -0.2) is 4.79 Å². The van der Waals surface area contributed by atoms with Gasteiger partial charge in [-0.2, -0.15) is 0 Å². The quantitative estimate of drug-likeness (QED) is 0.888. The lowest BCUT2D eigenvalue weighted by atomic mass is 10.3. The molecular formula is C13H12N2O4. The molecule has 6 heteroatoms. The second-order valence-corrected chi connectivity index (χ2v) is 3.54. The number of para-hydroxylation sites is 2. The van der Waals surface area contributed by atoms with E-state index in [1.165, 1.54) is 12.1 Å². The summed E-state index contributed by atoms with van der Waals surface area (Å²) in [5, 5.41) is 15.9. The van der Waals surface area contributed by atoms with Gasteiger partial charge >= 0.3 is 5.97 Å². The van der Waals surface area contributed by atoms with Gasteiger partial charge in [0, 0.05) is 6.07 Å². The molecule has 2 rings (SSSR count). The number of carboxylic acids is 1. The Hall–Kier alpha value is -2.63. The second kappa shape index (κ2) is 5.81. The molecule has 0 saturated carbocycles. The molecular weight excluding hydrogens is 248 g/mol. The van der Waals surface area contributed by atoms with Crippen LogP contribution in [0, 0.1) is 0 Å². The van der Waals surface area contributed by atoms with Crippen molar-refractivity contribution in [2.75, 3.05) is 6.61 Å². The van der Waals surface area contributed by atoms with Crippen LogP contribution in [0.25, 0.3) is 0 Å². The number of hydrogen-bond donors (Lipinski definition) is 1. The number of aromatic carboxylic acids is 1. The third-order valence-corrected chi connectivity index (χ3v) is 2.22. The zero-order valence-electron chi connectivity index (χ0n) is 10.2. The van der Waals surface area contributed by atoms with Crippen molar-refractivity contribution in [1.82, 2.24) is 10.2 Å². The minimum atomic E-state index is -1.13. The lowest BCUT2D eigenvalue weighted by molar-refractivity contribution is 0.0689. The van der Waals surface area contributed by atoms with Gasteiger partial charge in [0.1, 0.15) is 0 Å². The summed E-state index contributed by atoms with van der Waals surface area (Å²) in [5.41, 5.74) is -0.134. The van der Waals surface area contributed by atoms with Gasteiger partial charge in [0.05, 0.1) is 6.61 Å². The van der Waals surface area contributed by atoms with Crippen LogP contribution in [0.4, 0.5) is 0 Å². The molecule has 1 aromatic heterocycles. The molecule has 98 valence electrons. The first kappa shape index (κ1) is 12.8. The first-order chi connectivity index (χ1) is 9.20. The van der Waals surface area contributed by atoms with Crippen LogP contribution < -0.4 is 9.47 Å². The minimum absolute atomic E-state index is 0.134. The van der Waals surface area contributed by atoms with Crippen molar-refractivity contribution < 1.29 is 19.4 Å². The third kappa shape index (κ3) is 3.19. The Morgan fingerprint density at radius 3 is 2.47 bits per heavy atom.